The second-order valence-corrected chi connectivity index (χ2v) is 8.20. The Bertz CT molecular complexity index is 1040. The lowest BCUT2D eigenvalue weighted by Gasteiger charge is -2.07. The average molecular weight is 396 g/mol. The molecule has 6 nitrogen and oxygen atoms in total. The van der Waals surface area contributed by atoms with Gasteiger partial charge in [0.15, 0.2) is 5.16 Å². The molecule has 1 aromatic carbocycles. The highest BCUT2D eigenvalue weighted by atomic mass is 32.2. The fourth-order valence-electron chi connectivity index (χ4n) is 2.77. The molecule has 136 valence electrons. The van der Waals surface area contributed by atoms with Crippen molar-refractivity contribution in [2.24, 2.45) is 0 Å². The van der Waals surface area contributed by atoms with Gasteiger partial charge in [-0.25, -0.2) is 4.98 Å². The maximum absolute atomic E-state index is 10.5. The third-order valence-corrected chi connectivity index (χ3v) is 6.28. The zero-order valence-electron chi connectivity index (χ0n) is 14.5. The number of aliphatic hydroxyl groups is 1. The highest BCUT2D eigenvalue weighted by molar-refractivity contribution is 7.99. The Kier molecular flexibility index (Phi) is 4.97. The third kappa shape index (κ3) is 3.61. The lowest BCUT2D eigenvalue weighted by atomic mass is 10.2. The van der Waals surface area contributed by atoms with E-state index in [-0.39, 0.29) is 17.1 Å². The minimum Gasteiger partial charge on any atom is -0.510 e. The van der Waals surface area contributed by atoms with E-state index in [9.17, 15) is 10.4 Å². The first kappa shape index (κ1) is 17.8. The summed E-state index contributed by atoms with van der Waals surface area (Å²) < 4.78 is 3.02. The van der Waals surface area contributed by atoms with Crippen LogP contribution in [-0.2, 0) is 6.54 Å². The SMILES string of the molecule is C=CCn1c(SC/C(O)=C(\C#N)c2nc3ccccc3s2)nnc1C1CC1. The fraction of sp³-hybridized carbons (Fsp3) is 0.263. The number of thioether (sulfide) groups is 1. The van der Waals surface area contributed by atoms with Gasteiger partial charge < -0.3 is 9.67 Å². The summed E-state index contributed by atoms with van der Waals surface area (Å²) in [4.78, 5) is 4.46. The lowest BCUT2D eigenvalue weighted by molar-refractivity contribution is 0.420. The molecule has 4 rings (SSSR count). The normalized spacial score (nSPS) is 14.8. The second kappa shape index (κ2) is 7.55. The van der Waals surface area contributed by atoms with Gasteiger partial charge in [-0.1, -0.05) is 30.0 Å². The zero-order chi connectivity index (χ0) is 18.8. The topological polar surface area (TPSA) is 87.6 Å². The first-order valence-corrected chi connectivity index (χ1v) is 10.4. The molecule has 1 N–H and O–H groups in total. The average Bonchev–Trinajstić information content (AvgIpc) is 3.30. The van der Waals surface area contributed by atoms with Crippen LogP contribution in [-0.4, -0.2) is 30.6 Å². The van der Waals surface area contributed by atoms with Gasteiger partial charge in [0.2, 0.25) is 0 Å². The van der Waals surface area contributed by atoms with Gasteiger partial charge in [0.05, 0.1) is 16.0 Å². The van der Waals surface area contributed by atoms with Gasteiger partial charge in [0.25, 0.3) is 0 Å². The van der Waals surface area contributed by atoms with Crippen LogP contribution in [0.15, 0.2) is 47.8 Å². The molecule has 3 aromatic rings. The maximum atomic E-state index is 10.5. The van der Waals surface area contributed by atoms with E-state index < -0.39 is 0 Å². The number of benzene rings is 1. The van der Waals surface area contributed by atoms with Crippen LogP contribution in [0.4, 0.5) is 0 Å². The molecule has 27 heavy (non-hydrogen) atoms. The van der Waals surface area contributed by atoms with E-state index in [1.54, 1.807) is 0 Å². The summed E-state index contributed by atoms with van der Waals surface area (Å²) in [5.41, 5.74) is 1.03. The number of aromatic nitrogens is 4. The molecule has 2 heterocycles. The Morgan fingerprint density at radius 2 is 2.22 bits per heavy atom. The Hall–Kier alpha value is -2.63. The molecular weight excluding hydrogens is 378 g/mol. The van der Waals surface area contributed by atoms with Crippen LogP contribution in [0, 0.1) is 11.3 Å². The van der Waals surface area contributed by atoms with Crippen LogP contribution in [0.3, 0.4) is 0 Å². The number of aliphatic hydroxyl groups excluding tert-OH is 1. The summed E-state index contributed by atoms with van der Waals surface area (Å²) in [5, 5.41) is 29.9. The summed E-state index contributed by atoms with van der Waals surface area (Å²) in [6, 6.07) is 9.78. The number of allylic oxidation sites excluding steroid dienone is 2. The monoisotopic (exact) mass is 395 g/mol. The summed E-state index contributed by atoms with van der Waals surface area (Å²) in [5.74, 6) is 1.70. The Labute approximate surface area is 164 Å². The third-order valence-electron chi connectivity index (χ3n) is 4.25. The number of fused-ring (bicyclic) bond motifs is 1. The van der Waals surface area contributed by atoms with Crippen LogP contribution in [0.1, 0.15) is 29.6 Å². The van der Waals surface area contributed by atoms with Crippen LogP contribution < -0.4 is 0 Å². The molecular formula is C19H17N5OS2. The molecule has 1 saturated carbocycles. The molecule has 0 spiro atoms. The first-order chi connectivity index (χ1) is 13.2. The number of hydrogen-bond donors (Lipinski definition) is 1. The largest absolute Gasteiger partial charge is 0.510 e. The molecule has 0 bridgehead atoms. The van der Waals surface area contributed by atoms with Gasteiger partial charge in [-0.15, -0.1) is 28.1 Å². The Balaban J connectivity index is 1.57. The van der Waals surface area contributed by atoms with Crippen molar-refractivity contribution in [3.05, 3.63) is 53.5 Å². The van der Waals surface area contributed by atoms with Crippen molar-refractivity contribution in [1.29, 1.82) is 5.26 Å². The number of rotatable bonds is 7. The quantitative estimate of drug-likeness (QED) is 0.274. The molecule has 0 atom stereocenters. The molecule has 0 radical (unpaired) electrons. The molecule has 0 saturated heterocycles. The van der Waals surface area contributed by atoms with Crippen molar-refractivity contribution in [3.63, 3.8) is 0 Å². The van der Waals surface area contributed by atoms with E-state index in [1.807, 2.05) is 34.9 Å². The zero-order valence-corrected chi connectivity index (χ0v) is 16.1. The predicted molar refractivity (Wildman–Crippen MR) is 108 cm³/mol. The van der Waals surface area contributed by atoms with Crippen LogP contribution >= 0.6 is 23.1 Å². The molecule has 1 aliphatic carbocycles. The summed E-state index contributed by atoms with van der Waals surface area (Å²) >= 11 is 2.77. The maximum Gasteiger partial charge on any atom is 0.191 e. The van der Waals surface area contributed by atoms with E-state index >= 15 is 0 Å². The van der Waals surface area contributed by atoms with Crippen LogP contribution in [0.25, 0.3) is 15.8 Å². The number of thiazole rings is 1. The van der Waals surface area contributed by atoms with E-state index in [0.29, 0.717) is 17.5 Å². The number of hydrogen-bond acceptors (Lipinski definition) is 7. The van der Waals surface area contributed by atoms with E-state index in [4.69, 9.17) is 0 Å². The second-order valence-electron chi connectivity index (χ2n) is 6.22. The highest BCUT2D eigenvalue weighted by Gasteiger charge is 2.30. The standard InChI is InChI=1S/C19H17N5OS2/c1-2-9-24-17(12-7-8-12)22-23-19(24)26-11-15(25)13(10-20)18-21-14-5-3-4-6-16(14)27-18/h2-6,12,25H,1,7-9,11H2/b15-13-. The molecule has 2 aromatic heterocycles. The highest BCUT2D eigenvalue weighted by Crippen LogP contribution is 2.40. The van der Waals surface area contributed by atoms with Crippen molar-refractivity contribution in [1.82, 2.24) is 19.7 Å². The Morgan fingerprint density at radius 3 is 2.93 bits per heavy atom. The van der Waals surface area contributed by atoms with Gasteiger partial charge in [-0.3, -0.25) is 0 Å². The fourth-order valence-corrected chi connectivity index (χ4v) is 4.59. The summed E-state index contributed by atoms with van der Waals surface area (Å²) in [6.45, 7) is 4.43. The number of para-hydroxylation sites is 1. The Morgan fingerprint density at radius 1 is 1.41 bits per heavy atom. The van der Waals surface area contributed by atoms with Gasteiger partial charge in [0, 0.05) is 12.5 Å². The minimum atomic E-state index is 0.00248. The summed E-state index contributed by atoms with van der Waals surface area (Å²) in [6.07, 6.45) is 4.10. The van der Waals surface area contributed by atoms with Crippen molar-refractivity contribution in [3.8, 4) is 6.07 Å². The molecule has 1 fully saturated rings. The molecule has 8 heteroatoms. The lowest BCUT2D eigenvalue weighted by Crippen LogP contribution is -2.03. The molecule has 0 aliphatic heterocycles. The van der Waals surface area contributed by atoms with E-state index in [2.05, 4.69) is 27.8 Å². The van der Waals surface area contributed by atoms with Crippen molar-refractivity contribution >= 4 is 38.9 Å². The van der Waals surface area contributed by atoms with Gasteiger partial charge in [0.1, 0.15) is 28.2 Å². The van der Waals surface area contributed by atoms with Crippen LogP contribution in [0.2, 0.25) is 0 Å². The van der Waals surface area contributed by atoms with E-state index in [0.717, 1.165) is 34.0 Å². The molecule has 1 aliphatic rings. The molecule has 0 unspecified atom stereocenters. The minimum absolute atomic E-state index is 0.00248. The summed E-state index contributed by atoms with van der Waals surface area (Å²) in [7, 11) is 0. The van der Waals surface area contributed by atoms with Crippen LogP contribution in [0.5, 0.6) is 0 Å². The van der Waals surface area contributed by atoms with Gasteiger partial charge in [-0.05, 0) is 25.0 Å². The number of nitrogens with zero attached hydrogens (tertiary/aromatic N) is 5. The van der Waals surface area contributed by atoms with E-state index in [1.165, 1.54) is 23.1 Å². The first-order valence-electron chi connectivity index (χ1n) is 8.56. The number of nitriles is 1. The van der Waals surface area contributed by atoms with Crippen molar-refractivity contribution in [2.75, 3.05) is 5.75 Å². The van der Waals surface area contributed by atoms with Gasteiger partial charge in [-0.2, -0.15) is 5.26 Å². The van der Waals surface area contributed by atoms with Crippen molar-refractivity contribution < 1.29 is 5.11 Å². The smallest absolute Gasteiger partial charge is 0.191 e. The molecule has 0 amide bonds. The van der Waals surface area contributed by atoms with Crippen molar-refractivity contribution in [2.45, 2.75) is 30.5 Å². The predicted octanol–water partition coefficient (Wildman–Crippen LogP) is 4.54. The van der Waals surface area contributed by atoms with Gasteiger partial charge >= 0.3 is 0 Å².